The topological polar surface area (TPSA) is 91.9 Å². The minimum Gasteiger partial charge on any atom is -0.367 e. The second-order valence-corrected chi connectivity index (χ2v) is 8.30. The van der Waals surface area contributed by atoms with E-state index in [2.05, 4.69) is 14.7 Å². The van der Waals surface area contributed by atoms with Gasteiger partial charge < -0.3 is 4.98 Å². The first-order valence-electron chi connectivity index (χ1n) is 7.55. The summed E-state index contributed by atoms with van der Waals surface area (Å²) in [5, 5.41) is 2.75. The van der Waals surface area contributed by atoms with Crippen LogP contribution in [0.3, 0.4) is 0 Å². The van der Waals surface area contributed by atoms with E-state index in [1.807, 2.05) is 25.3 Å². The molecule has 2 aromatic heterocycles. The van der Waals surface area contributed by atoms with Gasteiger partial charge in [-0.25, -0.2) is 18.1 Å². The van der Waals surface area contributed by atoms with Crippen molar-refractivity contribution in [1.82, 2.24) is 14.7 Å². The Balaban J connectivity index is 1.93. The van der Waals surface area contributed by atoms with Gasteiger partial charge >= 0.3 is 0 Å². The molecule has 0 spiro atoms. The molecule has 3 rings (SSSR count). The molecule has 0 aliphatic heterocycles. The molecule has 3 aromatic rings. The number of nitrogens with zero attached hydrogens (tertiary/aromatic N) is 1. The highest BCUT2D eigenvalue weighted by Gasteiger charge is 2.22. The smallest absolute Gasteiger partial charge is 0.266 e. The molecule has 0 aliphatic rings. The number of sulfonamides is 1. The lowest BCUT2D eigenvalue weighted by molar-refractivity contribution is 0.0981. The molecular formula is C17H17N3O3S2. The van der Waals surface area contributed by atoms with Gasteiger partial charge in [0.2, 0.25) is 0 Å². The number of thiazole rings is 1. The zero-order valence-electron chi connectivity index (χ0n) is 13.7. The lowest BCUT2D eigenvalue weighted by Crippen LogP contribution is -2.31. The van der Waals surface area contributed by atoms with Crippen molar-refractivity contribution < 1.29 is 13.2 Å². The number of benzene rings is 1. The highest BCUT2D eigenvalue weighted by Crippen LogP contribution is 2.22. The molecule has 1 aromatic carbocycles. The van der Waals surface area contributed by atoms with Gasteiger partial charge in [-0.15, -0.1) is 11.3 Å². The van der Waals surface area contributed by atoms with Gasteiger partial charge in [-0.2, -0.15) is 0 Å². The quantitative estimate of drug-likeness (QED) is 0.717. The summed E-state index contributed by atoms with van der Waals surface area (Å²) in [4.78, 5) is 19.3. The molecule has 2 N–H and O–H groups in total. The third kappa shape index (κ3) is 3.97. The Hall–Kier alpha value is -2.45. The van der Waals surface area contributed by atoms with Gasteiger partial charge in [0.25, 0.3) is 15.9 Å². The van der Waals surface area contributed by atoms with Crippen molar-refractivity contribution in [2.45, 2.75) is 25.2 Å². The van der Waals surface area contributed by atoms with Crippen LogP contribution in [0.5, 0.6) is 0 Å². The van der Waals surface area contributed by atoms with E-state index in [-0.39, 0.29) is 10.5 Å². The molecule has 130 valence electrons. The number of amides is 1. The molecule has 1 amide bonds. The zero-order chi connectivity index (χ0) is 18.0. The first kappa shape index (κ1) is 17.4. The van der Waals surface area contributed by atoms with Crippen molar-refractivity contribution in [2.24, 2.45) is 0 Å². The third-order valence-electron chi connectivity index (χ3n) is 3.60. The van der Waals surface area contributed by atoms with Gasteiger partial charge in [-0.3, -0.25) is 4.79 Å². The Bertz CT molecular complexity index is 1010. The van der Waals surface area contributed by atoms with Gasteiger partial charge in [-0.1, -0.05) is 17.7 Å². The van der Waals surface area contributed by atoms with E-state index in [9.17, 15) is 13.2 Å². The lowest BCUT2D eigenvalue weighted by Gasteiger charge is -2.11. The maximum absolute atomic E-state index is 12.7. The molecule has 0 atom stereocenters. The second-order valence-electron chi connectivity index (χ2n) is 5.70. The van der Waals surface area contributed by atoms with Gasteiger partial charge in [0.05, 0.1) is 15.5 Å². The Morgan fingerprint density at radius 2 is 2.08 bits per heavy atom. The van der Waals surface area contributed by atoms with Gasteiger partial charge in [0.1, 0.15) is 0 Å². The van der Waals surface area contributed by atoms with E-state index in [0.29, 0.717) is 12.0 Å². The van der Waals surface area contributed by atoms with E-state index >= 15 is 0 Å². The Morgan fingerprint density at radius 3 is 2.72 bits per heavy atom. The van der Waals surface area contributed by atoms with Crippen LogP contribution in [-0.4, -0.2) is 24.3 Å². The molecular weight excluding hydrogens is 358 g/mol. The molecule has 0 unspecified atom stereocenters. The summed E-state index contributed by atoms with van der Waals surface area (Å²) in [7, 11) is -3.98. The Labute approximate surface area is 150 Å². The maximum Gasteiger partial charge on any atom is 0.266 e. The normalized spacial score (nSPS) is 11.4. The second kappa shape index (κ2) is 6.81. The van der Waals surface area contributed by atoms with Crippen LogP contribution >= 0.6 is 11.3 Å². The largest absolute Gasteiger partial charge is 0.367 e. The maximum atomic E-state index is 12.7. The molecule has 0 radical (unpaired) electrons. The van der Waals surface area contributed by atoms with E-state index in [1.165, 1.54) is 29.7 Å². The number of hydrogen-bond donors (Lipinski definition) is 2. The van der Waals surface area contributed by atoms with Gasteiger partial charge in [0, 0.05) is 29.9 Å². The fourth-order valence-corrected chi connectivity index (χ4v) is 4.45. The number of rotatable bonds is 5. The number of carbonyl (C=O) groups excluding carboxylic acids is 1. The monoisotopic (exact) mass is 375 g/mol. The first-order chi connectivity index (χ1) is 11.8. The van der Waals surface area contributed by atoms with Crippen molar-refractivity contribution in [2.75, 3.05) is 0 Å². The first-order valence-corrected chi connectivity index (χ1v) is 9.92. The van der Waals surface area contributed by atoms with Gasteiger partial charge in [0.15, 0.2) is 0 Å². The molecule has 0 bridgehead atoms. The van der Waals surface area contributed by atoms with Crippen molar-refractivity contribution in [3.05, 3.63) is 69.4 Å². The lowest BCUT2D eigenvalue weighted by atomic mass is 10.1. The fraction of sp³-hybridized carbons (Fsp3) is 0.176. The number of carbonyl (C=O) groups is 1. The van der Waals surface area contributed by atoms with Crippen LogP contribution in [0.25, 0.3) is 0 Å². The molecule has 6 nitrogen and oxygen atoms in total. The zero-order valence-corrected chi connectivity index (χ0v) is 15.4. The minimum absolute atomic E-state index is 0.0924. The minimum atomic E-state index is -3.98. The van der Waals surface area contributed by atoms with Gasteiger partial charge in [-0.05, 0) is 31.5 Å². The molecule has 0 aliphatic carbocycles. The van der Waals surface area contributed by atoms with Crippen molar-refractivity contribution in [3.63, 3.8) is 0 Å². The summed E-state index contributed by atoms with van der Waals surface area (Å²) in [5.41, 5.74) is 2.72. The van der Waals surface area contributed by atoms with Crippen molar-refractivity contribution in [1.29, 1.82) is 0 Å². The molecule has 25 heavy (non-hydrogen) atoms. The number of aromatic amines is 1. The highest BCUT2D eigenvalue weighted by atomic mass is 32.2. The predicted molar refractivity (Wildman–Crippen MR) is 96.3 cm³/mol. The van der Waals surface area contributed by atoms with Crippen LogP contribution in [0.15, 0.2) is 46.9 Å². The number of aryl methyl sites for hydroxylation is 2. The van der Waals surface area contributed by atoms with E-state index in [1.54, 1.807) is 12.3 Å². The van der Waals surface area contributed by atoms with Crippen molar-refractivity contribution >= 4 is 27.3 Å². The standard InChI is InChI=1S/C17H17N3O3S2/c1-11-3-4-15(14(7-11)8-16-19-12(2)10-24-16)25(22,23)20-17(21)13-5-6-18-9-13/h3-7,9-10,18H,8H2,1-2H3,(H,20,21). The SMILES string of the molecule is Cc1ccc(S(=O)(=O)NC(=O)c2cc[nH]c2)c(Cc2nc(C)cs2)c1. The molecule has 2 heterocycles. The van der Waals surface area contributed by atoms with Crippen LogP contribution < -0.4 is 4.72 Å². The van der Waals surface area contributed by atoms with Crippen LogP contribution in [0.2, 0.25) is 0 Å². The van der Waals surface area contributed by atoms with E-state index in [0.717, 1.165) is 16.3 Å². The predicted octanol–water partition coefficient (Wildman–Crippen LogP) is 2.80. The number of nitrogens with one attached hydrogen (secondary N) is 2. The van der Waals surface area contributed by atoms with Crippen LogP contribution in [0.1, 0.15) is 32.2 Å². The van der Waals surface area contributed by atoms with Crippen LogP contribution in [0, 0.1) is 13.8 Å². The van der Waals surface area contributed by atoms with Crippen molar-refractivity contribution in [3.8, 4) is 0 Å². The summed E-state index contributed by atoms with van der Waals surface area (Å²) in [6, 6.07) is 6.56. The van der Waals surface area contributed by atoms with Crippen LogP contribution in [0.4, 0.5) is 0 Å². The summed E-state index contributed by atoms with van der Waals surface area (Å²) < 4.78 is 27.5. The number of aromatic nitrogens is 2. The fourth-order valence-electron chi connectivity index (χ4n) is 2.46. The average Bonchev–Trinajstić information content (AvgIpc) is 3.18. The van der Waals surface area contributed by atoms with E-state index in [4.69, 9.17) is 0 Å². The highest BCUT2D eigenvalue weighted by molar-refractivity contribution is 7.90. The Morgan fingerprint density at radius 1 is 1.28 bits per heavy atom. The summed E-state index contributed by atoms with van der Waals surface area (Å²) in [5.74, 6) is -0.669. The van der Waals surface area contributed by atoms with E-state index < -0.39 is 15.9 Å². The average molecular weight is 375 g/mol. The Kier molecular flexibility index (Phi) is 4.73. The number of H-pyrrole nitrogens is 1. The molecule has 0 saturated carbocycles. The van der Waals surface area contributed by atoms with Crippen LogP contribution in [-0.2, 0) is 16.4 Å². The molecule has 0 fully saturated rings. The summed E-state index contributed by atoms with van der Waals surface area (Å²) in [6.07, 6.45) is 3.40. The third-order valence-corrected chi connectivity index (χ3v) is 6.00. The summed E-state index contributed by atoms with van der Waals surface area (Å²) in [6.45, 7) is 3.79. The summed E-state index contributed by atoms with van der Waals surface area (Å²) >= 11 is 1.48. The molecule has 0 saturated heterocycles. The number of hydrogen-bond acceptors (Lipinski definition) is 5. The molecule has 8 heteroatoms.